The van der Waals surface area contributed by atoms with Crippen molar-refractivity contribution in [3.05, 3.63) is 51.5 Å². The number of halogens is 1. The Morgan fingerprint density at radius 1 is 1.33 bits per heavy atom. The Balaban J connectivity index is 1.97. The summed E-state index contributed by atoms with van der Waals surface area (Å²) in [6.45, 7) is 0. The molecular weight excluding hydrogens is 328 g/mol. The number of hydrogen-bond donors (Lipinski definition) is 2. The van der Waals surface area contributed by atoms with E-state index in [4.69, 9.17) is 11.6 Å². The average Bonchev–Trinajstić information content (AvgIpc) is 2.90. The van der Waals surface area contributed by atoms with Crippen LogP contribution in [0, 0.1) is 0 Å². The lowest BCUT2D eigenvalue weighted by Gasteiger charge is -2.24. The zero-order chi connectivity index (χ0) is 15.0. The summed E-state index contributed by atoms with van der Waals surface area (Å²) in [6.07, 6.45) is 0. The van der Waals surface area contributed by atoms with E-state index < -0.39 is 0 Å². The van der Waals surface area contributed by atoms with E-state index in [1.54, 1.807) is 35.6 Å². The second kappa shape index (κ2) is 5.63. The number of carbonyl (C=O) groups excluding carboxylic acids is 1. The third kappa shape index (κ3) is 2.62. The number of rotatable bonds is 2. The third-order valence-electron chi connectivity index (χ3n) is 3.00. The molecule has 2 heterocycles. The molecule has 2 N–H and O–H groups in total. The van der Waals surface area contributed by atoms with Gasteiger partial charge in [-0.3, -0.25) is 9.10 Å². The highest BCUT2D eigenvalue weighted by Gasteiger charge is 2.29. The molecule has 1 aliphatic heterocycles. The van der Waals surface area contributed by atoms with Gasteiger partial charge in [0.2, 0.25) is 5.88 Å². The van der Waals surface area contributed by atoms with Crippen LogP contribution in [0.3, 0.4) is 0 Å². The van der Waals surface area contributed by atoms with Crippen LogP contribution in [-0.4, -0.2) is 22.4 Å². The highest BCUT2D eigenvalue weighted by Crippen LogP contribution is 2.41. The molecular formula is C14H11ClN2O2S2. The predicted octanol–water partition coefficient (Wildman–Crippen LogP) is 4.22. The number of nitrogens with one attached hydrogen (secondary N) is 1. The zero-order valence-corrected chi connectivity index (χ0v) is 13.4. The summed E-state index contributed by atoms with van der Waals surface area (Å²) in [5.74, 6) is -0.442. The van der Waals surface area contributed by atoms with E-state index >= 15 is 0 Å². The summed E-state index contributed by atoms with van der Waals surface area (Å²) in [6, 6.07) is 6.99. The van der Waals surface area contributed by atoms with Crippen molar-refractivity contribution in [1.82, 2.24) is 4.31 Å². The van der Waals surface area contributed by atoms with Crippen molar-refractivity contribution < 1.29 is 9.90 Å². The molecule has 1 aliphatic rings. The van der Waals surface area contributed by atoms with Gasteiger partial charge in [-0.05, 0) is 24.1 Å². The van der Waals surface area contributed by atoms with Gasteiger partial charge in [-0.15, -0.1) is 0 Å². The lowest BCUT2D eigenvalue weighted by molar-refractivity contribution is -0.111. The minimum absolute atomic E-state index is 0.0598. The van der Waals surface area contributed by atoms with Crippen LogP contribution >= 0.6 is 34.9 Å². The van der Waals surface area contributed by atoms with Gasteiger partial charge in [-0.25, -0.2) is 0 Å². The van der Waals surface area contributed by atoms with Gasteiger partial charge in [0.15, 0.2) is 0 Å². The quantitative estimate of drug-likeness (QED) is 0.805. The number of hydrogen-bond acceptors (Lipinski definition) is 5. The van der Waals surface area contributed by atoms with Crippen LogP contribution in [0.2, 0.25) is 5.02 Å². The van der Waals surface area contributed by atoms with Crippen LogP contribution in [0.5, 0.6) is 0 Å². The Kier molecular flexibility index (Phi) is 3.84. The predicted molar refractivity (Wildman–Crippen MR) is 87.6 cm³/mol. The van der Waals surface area contributed by atoms with Crippen molar-refractivity contribution in [3.63, 3.8) is 0 Å². The summed E-state index contributed by atoms with van der Waals surface area (Å²) in [7, 11) is 1.71. The van der Waals surface area contributed by atoms with Gasteiger partial charge < -0.3 is 10.4 Å². The first-order valence-corrected chi connectivity index (χ1v) is 8.14. The molecule has 0 spiro atoms. The number of aliphatic hydroxyl groups excluding tert-OH is 1. The second-order valence-corrected chi connectivity index (χ2v) is 6.69. The summed E-state index contributed by atoms with van der Waals surface area (Å²) in [4.78, 5) is 13.5. The van der Waals surface area contributed by atoms with E-state index in [0.29, 0.717) is 10.7 Å². The summed E-state index contributed by atoms with van der Waals surface area (Å²) in [5, 5.41) is 17.2. The fraction of sp³-hybridized carbons (Fsp3) is 0.0714. The number of carbonyl (C=O) groups is 1. The lowest BCUT2D eigenvalue weighted by atomic mass is 10.1. The van der Waals surface area contributed by atoms with Crippen molar-refractivity contribution in [2.75, 3.05) is 12.4 Å². The first-order chi connectivity index (χ1) is 10.1. The lowest BCUT2D eigenvalue weighted by Crippen LogP contribution is -2.23. The first-order valence-electron chi connectivity index (χ1n) is 6.05. The average molecular weight is 339 g/mol. The van der Waals surface area contributed by atoms with E-state index in [2.05, 4.69) is 5.32 Å². The fourth-order valence-corrected chi connectivity index (χ4v) is 4.01. The van der Waals surface area contributed by atoms with Crippen LogP contribution in [0.15, 0.2) is 45.8 Å². The number of aliphatic hydroxyl groups is 1. The third-order valence-corrected chi connectivity index (χ3v) is 5.21. The molecule has 0 bridgehead atoms. The van der Waals surface area contributed by atoms with Gasteiger partial charge >= 0.3 is 0 Å². The molecule has 108 valence electrons. The number of benzene rings is 1. The number of nitrogens with zero attached hydrogens (tertiary/aromatic N) is 1. The minimum atomic E-state index is -0.382. The number of thiophene rings is 1. The van der Waals surface area contributed by atoms with Crippen molar-refractivity contribution in [2.24, 2.45) is 0 Å². The summed E-state index contributed by atoms with van der Waals surface area (Å²) in [5.41, 5.74) is 1.51. The molecule has 21 heavy (non-hydrogen) atoms. The van der Waals surface area contributed by atoms with E-state index in [1.165, 1.54) is 23.3 Å². The van der Waals surface area contributed by atoms with Crippen molar-refractivity contribution in [2.45, 2.75) is 4.90 Å². The highest BCUT2D eigenvalue weighted by atomic mass is 35.5. The SMILES string of the molecule is CN1Sc2cscc2C(C(=O)Nc2ccccc2Cl)=C1O. The Labute approximate surface area is 135 Å². The van der Waals surface area contributed by atoms with Crippen LogP contribution in [0.4, 0.5) is 5.69 Å². The van der Waals surface area contributed by atoms with Gasteiger partial charge in [0.05, 0.1) is 10.7 Å². The number of anilines is 1. The molecule has 0 aliphatic carbocycles. The molecule has 3 rings (SSSR count). The van der Waals surface area contributed by atoms with E-state index in [0.717, 1.165) is 10.5 Å². The molecule has 0 unspecified atom stereocenters. The molecule has 1 aromatic heterocycles. The number of fused-ring (bicyclic) bond motifs is 1. The molecule has 0 fully saturated rings. The standard InChI is InChI=1S/C14H11ClN2O2S2/c1-17-14(19)12(8-6-20-7-11(8)21-17)13(18)16-10-5-3-2-4-9(10)15/h2-7,19H,1H3,(H,16,18). The number of amides is 1. The van der Waals surface area contributed by atoms with Gasteiger partial charge in [0.1, 0.15) is 5.57 Å². The van der Waals surface area contributed by atoms with Crippen molar-refractivity contribution in [1.29, 1.82) is 0 Å². The van der Waals surface area contributed by atoms with Crippen molar-refractivity contribution >= 4 is 52.1 Å². The maximum absolute atomic E-state index is 12.5. The molecule has 2 aromatic rings. The maximum atomic E-state index is 12.5. The summed E-state index contributed by atoms with van der Waals surface area (Å²) >= 11 is 8.92. The normalized spacial score (nSPS) is 14.1. The molecule has 7 heteroatoms. The Morgan fingerprint density at radius 3 is 2.86 bits per heavy atom. The van der Waals surface area contributed by atoms with Gasteiger partial charge in [-0.2, -0.15) is 11.3 Å². The molecule has 0 radical (unpaired) electrons. The molecule has 0 atom stereocenters. The second-order valence-electron chi connectivity index (χ2n) is 4.37. The monoisotopic (exact) mass is 338 g/mol. The topological polar surface area (TPSA) is 52.6 Å². The van der Waals surface area contributed by atoms with Crippen LogP contribution in [0.1, 0.15) is 5.56 Å². The van der Waals surface area contributed by atoms with Gasteiger partial charge in [0, 0.05) is 28.3 Å². The Morgan fingerprint density at radius 2 is 2.10 bits per heavy atom. The molecule has 0 saturated heterocycles. The molecule has 1 amide bonds. The smallest absolute Gasteiger partial charge is 0.261 e. The van der Waals surface area contributed by atoms with E-state index in [1.807, 2.05) is 10.8 Å². The Hall–Kier alpha value is -1.63. The van der Waals surface area contributed by atoms with E-state index in [-0.39, 0.29) is 17.4 Å². The highest BCUT2D eigenvalue weighted by molar-refractivity contribution is 7.97. The number of para-hydroxylation sites is 1. The van der Waals surface area contributed by atoms with E-state index in [9.17, 15) is 9.90 Å². The molecule has 4 nitrogen and oxygen atoms in total. The van der Waals surface area contributed by atoms with Gasteiger partial charge in [0.25, 0.3) is 5.91 Å². The van der Waals surface area contributed by atoms with Crippen molar-refractivity contribution in [3.8, 4) is 0 Å². The zero-order valence-electron chi connectivity index (χ0n) is 11.0. The minimum Gasteiger partial charge on any atom is -0.494 e. The van der Waals surface area contributed by atoms with Crippen LogP contribution in [-0.2, 0) is 4.79 Å². The van der Waals surface area contributed by atoms with Crippen LogP contribution < -0.4 is 5.32 Å². The summed E-state index contributed by atoms with van der Waals surface area (Å²) < 4.78 is 1.57. The largest absolute Gasteiger partial charge is 0.494 e. The molecule has 0 saturated carbocycles. The van der Waals surface area contributed by atoms with Gasteiger partial charge in [-0.1, -0.05) is 23.7 Å². The van der Waals surface area contributed by atoms with Crippen LogP contribution in [0.25, 0.3) is 5.57 Å². The Bertz CT molecular complexity index is 742. The molecule has 1 aromatic carbocycles. The maximum Gasteiger partial charge on any atom is 0.261 e. The fourth-order valence-electron chi connectivity index (χ4n) is 1.98. The first kappa shape index (κ1) is 14.3.